The summed E-state index contributed by atoms with van der Waals surface area (Å²) in [5.74, 6) is 1.32. The van der Waals surface area contributed by atoms with Crippen LogP contribution < -0.4 is 10.2 Å². The standard InChI is InChI=1S/C30H52N8O5Si3/c1-16(2)45(17(3)4)39-14-20-24(41-46(43-45,18(5)6)19(7)8)22-29(40-20)37-26-21(25(31)32-15-33-26)34-27(37)23-28(35-36-38(22)23)42-44(12,13)30(9,10)11/h15-20,22,24,29H,14H2,1-13H3,(H2,31,32,33)/t20-,22+,24-,29-/m1/s1. The maximum Gasteiger partial charge on any atom is 0.335 e. The lowest BCUT2D eigenvalue weighted by atomic mass is 10.1. The Morgan fingerprint density at radius 3 is 2.20 bits per heavy atom. The molecule has 4 atom stereocenters. The van der Waals surface area contributed by atoms with E-state index in [2.05, 4.69) is 104 Å². The third kappa shape index (κ3) is 4.84. The average molecular weight is 689 g/mol. The van der Waals surface area contributed by atoms with Crippen molar-refractivity contribution in [3.8, 4) is 17.4 Å². The SMILES string of the molecule is CC(C)[Si]1(C(C)C)OC[C@H]2O[C@@H]3[C@H]([C@@H]2O[Si](C(C)C)(C(C)C)O1)n1nnc(O[Si](C)(C)C(C)(C)C)c1-c1nc2c(N)ncnc2n13. The molecule has 0 aliphatic carbocycles. The molecule has 0 saturated carbocycles. The van der Waals surface area contributed by atoms with Crippen molar-refractivity contribution in [1.82, 2.24) is 34.5 Å². The third-order valence-corrected chi connectivity index (χ3v) is 25.3. The predicted octanol–water partition coefficient (Wildman–Crippen LogP) is 6.46. The Hall–Kier alpha value is -2.22. The zero-order valence-corrected chi connectivity index (χ0v) is 32.7. The minimum atomic E-state index is -2.96. The first-order chi connectivity index (χ1) is 21.4. The van der Waals surface area contributed by atoms with Gasteiger partial charge in [-0.25, -0.2) is 19.6 Å². The predicted molar refractivity (Wildman–Crippen MR) is 183 cm³/mol. The number of aromatic nitrogens is 7. The average Bonchev–Trinajstić information content (AvgIpc) is 3.61. The van der Waals surface area contributed by atoms with Gasteiger partial charge in [0.1, 0.15) is 24.6 Å². The fraction of sp³-hybridized carbons (Fsp3) is 0.767. The number of imidazole rings is 1. The molecular weight excluding hydrogens is 637 g/mol. The number of fused-ring (bicyclic) bond motifs is 10. The first kappa shape index (κ1) is 33.7. The van der Waals surface area contributed by atoms with E-state index in [0.717, 1.165) is 0 Å². The van der Waals surface area contributed by atoms with Gasteiger partial charge in [-0.1, -0.05) is 86.5 Å². The van der Waals surface area contributed by atoms with E-state index < -0.39 is 49.9 Å². The van der Waals surface area contributed by atoms with Crippen molar-refractivity contribution in [2.24, 2.45) is 0 Å². The molecule has 3 aromatic rings. The van der Waals surface area contributed by atoms with Crippen LogP contribution >= 0.6 is 0 Å². The summed E-state index contributed by atoms with van der Waals surface area (Å²) in [6.07, 6.45) is 0.0855. The second-order valence-corrected chi connectivity index (χ2v) is 29.5. The number of nitrogen functional groups attached to an aromatic ring is 1. The summed E-state index contributed by atoms with van der Waals surface area (Å²) in [7, 11) is -8.03. The van der Waals surface area contributed by atoms with Crippen LogP contribution in [0.3, 0.4) is 0 Å². The Kier molecular flexibility index (Phi) is 8.17. The molecule has 0 amide bonds. The summed E-state index contributed by atoms with van der Waals surface area (Å²) in [6, 6.07) is -0.408. The van der Waals surface area contributed by atoms with E-state index in [-0.39, 0.29) is 27.2 Å². The van der Waals surface area contributed by atoms with Crippen LogP contribution in [0.4, 0.5) is 5.82 Å². The van der Waals surface area contributed by atoms with E-state index in [1.165, 1.54) is 6.33 Å². The molecule has 0 bridgehead atoms. The van der Waals surface area contributed by atoms with E-state index in [1.54, 1.807) is 0 Å². The minimum Gasteiger partial charge on any atom is -0.528 e. The minimum absolute atomic E-state index is 0.0570. The highest BCUT2D eigenvalue weighted by atomic mass is 28.5. The smallest absolute Gasteiger partial charge is 0.335 e. The zero-order chi connectivity index (χ0) is 33.7. The maximum atomic E-state index is 7.53. The lowest BCUT2D eigenvalue weighted by Gasteiger charge is -2.51. The van der Waals surface area contributed by atoms with Crippen molar-refractivity contribution in [3.05, 3.63) is 6.33 Å². The normalized spacial score (nSPS) is 25.8. The summed E-state index contributed by atoms with van der Waals surface area (Å²) in [4.78, 5) is 13.9. The molecule has 16 heteroatoms. The number of nitrogens with two attached hydrogens (primary N) is 1. The quantitative estimate of drug-likeness (QED) is 0.285. The van der Waals surface area contributed by atoms with Crippen molar-refractivity contribution < 1.29 is 22.1 Å². The van der Waals surface area contributed by atoms with Crippen molar-refractivity contribution in [2.75, 3.05) is 12.3 Å². The van der Waals surface area contributed by atoms with Crippen LogP contribution in [0.25, 0.3) is 22.7 Å². The topological polar surface area (TPSA) is 146 Å². The Labute approximate surface area is 275 Å². The van der Waals surface area contributed by atoms with E-state index in [4.69, 9.17) is 38.1 Å². The van der Waals surface area contributed by atoms with E-state index >= 15 is 0 Å². The highest BCUT2D eigenvalue weighted by Gasteiger charge is 2.63. The van der Waals surface area contributed by atoms with Gasteiger partial charge in [0, 0.05) is 0 Å². The molecule has 0 unspecified atom stereocenters. The molecular formula is C30H52N8O5Si3. The van der Waals surface area contributed by atoms with Gasteiger partial charge < -0.3 is 27.9 Å². The molecule has 2 fully saturated rings. The lowest BCUT2D eigenvalue weighted by Crippen LogP contribution is -2.65. The van der Waals surface area contributed by atoms with Gasteiger partial charge >= 0.3 is 17.1 Å². The Morgan fingerprint density at radius 2 is 1.61 bits per heavy atom. The Balaban J connectivity index is 1.56. The van der Waals surface area contributed by atoms with E-state index in [0.29, 0.717) is 41.0 Å². The van der Waals surface area contributed by atoms with Crippen LogP contribution in [-0.4, -0.2) is 78.8 Å². The highest BCUT2D eigenvalue weighted by Crippen LogP contribution is 2.55. The lowest BCUT2D eigenvalue weighted by molar-refractivity contribution is -0.0550. The van der Waals surface area contributed by atoms with Crippen LogP contribution in [0, 0.1) is 0 Å². The molecule has 254 valence electrons. The largest absolute Gasteiger partial charge is 0.528 e. The van der Waals surface area contributed by atoms with Gasteiger partial charge in [0.05, 0.1) is 6.61 Å². The second kappa shape index (κ2) is 11.2. The monoisotopic (exact) mass is 688 g/mol. The molecule has 2 N–H and O–H groups in total. The maximum absolute atomic E-state index is 7.53. The molecule has 0 radical (unpaired) electrons. The molecule has 46 heavy (non-hydrogen) atoms. The molecule has 3 aliphatic rings. The number of rotatable bonds is 6. The molecule has 6 rings (SSSR count). The highest BCUT2D eigenvalue weighted by molar-refractivity contribution is 6.84. The summed E-state index contributed by atoms with van der Waals surface area (Å²) >= 11 is 0. The van der Waals surface area contributed by atoms with Crippen LogP contribution in [-0.2, 0) is 17.7 Å². The molecule has 0 spiro atoms. The number of ether oxygens (including phenoxy) is 1. The molecule has 3 aliphatic heterocycles. The molecule has 13 nitrogen and oxygen atoms in total. The number of anilines is 1. The van der Waals surface area contributed by atoms with Crippen LogP contribution in [0.15, 0.2) is 6.33 Å². The van der Waals surface area contributed by atoms with Gasteiger partial charge in [0.15, 0.2) is 34.7 Å². The first-order valence-electron chi connectivity index (χ1n) is 16.7. The Bertz CT molecular complexity index is 1600. The molecule has 0 aromatic carbocycles. The number of nitrogens with zero attached hydrogens (tertiary/aromatic N) is 7. The third-order valence-electron chi connectivity index (χ3n) is 10.7. The van der Waals surface area contributed by atoms with Crippen molar-refractivity contribution in [3.63, 3.8) is 0 Å². The number of hydrogen-bond acceptors (Lipinski definition) is 11. The van der Waals surface area contributed by atoms with Gasteiger partial charge in [-0.05, 0) is 40.3 Å². The molecule has 2 saturated heterocycles. The van der Waals surface area contributed by atoms with Crippen molar-refractivity contribution in [1.29, 1.82) is 0 Å². The van der Waals surface area contributed by atoms with Gasteiger partial charge in [-0.2, -0.15) is 0 Å². The van der Waals surface area contributed by atoms with E-state index in [9.17, 15) is 0 Å². The molecule has 3 aromatic heterocycles. The number of hydrogen-bond donors (Lipinski definition) is 1. The van der Waals surface area contributed by atoms with Crippen molar-refractivity contribution in [2.45, 2.75) is 141 Å². The summed E-state index contributed by atoms with van der Waals surface area (Å²) in [5.41, 5.74) is 8.87. The summed E-state index contributed by atoms with van der Waals surface area (Å²) in [5, 5.41) is 9.35. The Morgan fingerprint density at radius 1 is 0.978 bits per heavy atom. The van der Waals surface area contributed by atoms with Crippen LogP contribution in [0.2, 0.25) is 40.3 Å². The van der Waals surface area contributed by atoms with Crippen LogP contribution in [0.5, 0.6) is 5.88 Å². The van der Waals surface area contributed by atoms with E-state index in [1.807, 2.05) is 9.25 Å². The van der Waals surface area contributed by atoms with Gasteiger partial charge in [0.2, 0.25) is 0 Å². The van der Waals surface area contributed by atoms with Gasteiger partial charge in [-0.3, -0.25) is 4.57 Å². The van der Waals surface area contributed by atoms with Crippen LogP contribution in [0.1, 0.15) is 88.4 Å². The fourth-order valence-electron chi connectivity index (χ4n) is 7.09. The fourth-order valence-corrected chi connectivity index (χ4v) is 19.2. The first-order valence-corrected chi connectivity index (χ1v) is 23.5. The second-order valence-electron chi connectivity index (χ2n) is 15.9. The zero-order valence-electron chi connectivity index (χ0n) is 29.7. The summed E-state index contributed by atoms with van der Waals surface area (Å²) in [6.45, 7) is 29.1. The van der Waals surface area contributed by atoms with Gasteiger partial charge in [0.25, 0.3) is 14.2 Å². The molecule has 6 heterocycles. The van der Waals surface area contributed by atoms with Crippen molar-refractivity contribution >= 4 is 42.4 Å². The summed E-state index contributed by atoms with van der Waals surface area (Å²) < 4.78 is 39.8. The van der Waals surface area contributed by atoms with Gasteiger partial charge in [-0.15, -0.1) is 0 Å².